The molecule has 0 spiro atoms. The molecule has 3 atom stereocenters. The summed E-state index contributed by atoms with van der Waals surface area (Å²) in [5.41, 5.74) is 7.36. The Morgan fingerprint density at radius 2 is 1.73 bits per heavy atom. The fourth-order valence-electron chi connectivity index (χ4n) is 2.59. The van der Waals surface area contributed by atoms with Gasteiger partial charge in [0.2, 0.25) is 5.16 Å². The van der Waals surface area contributed by atoms with Crippen molar-refractivity contribution in [2.45, 2.75) is 17.1 Å². The molecule has 0 aliphatic rings. The summed E-state index contributed by atoms with van der Waals surface area (Å²) in [5, 5.41) is 16.3. The summed E-state index contributed by atoms with van der Waals surface area (Å²) in [6, 6.07) is 17.1. The van der Waals surface area contributed by atoms with Crippen LogP contribution in [-0.2, 0) is 15.6 Å². The summed E-state index contributed by atoms with van der Waals surface area (Å²) in [7, 11) is -1.58. The van der Waals surface area contributed by atoms with Crippen LogP contribution in [0.15, 0.2) is 65.8 Å². The lowest BCUT2D eigenvalue weighted by atomic mass is 9.94. The van der Waals surface area contributed by atoms with Crippen LogP contribution in [0.3, 0.4) is 0 Å². The van der Waals surface area contributed by atoms with Crippen molar-refractivity contribution in [2.24, 2.45) is 5.73 Å². The third-order valence-corrected chi connectivity index (χ3v) is 5.27. The molecule has 3 rings (SSSR count). The maximum Gasteiger partial charge on any atom is 0.321 e. The molecule has 0 fully saturated rings. The van der Waals surface area contributed by atoms with Gasteiger partial charge in [-0.25, -0.2) is 0 Å². The lowest BCUT2D eigenvalue weighted by Crippen LogP contribution is -2.39. The van der Waals surface area contributed by atoms with E-state index in [2.05, 4.69) is 15.2 Å². The normalized spacial score (nSPS) is 14.5. The Hall–Kier alpha value is -2.84. The van der Waals surface area contributed by atoms with Crippen LogP contribution in [0.1, 0.15) is 11.5 Å². The van der Waals surface area contributed by atoms with Gasteiger partial charge < -0.3 is 10.8 Å². The number of aromatic amines is 1. The number of hydrogen-bond donors (Lipinski definition) is 3. The molecule has 3 aromatic rings. The second-order valence-corrected chi connectivity index (χ2v) is 7.13. The molecule has 0 amide bonds. The molecule has 7 nitrogen and oxygen atoms in total. The zero-order valence-electron chi connectivity index (χ0n) is 13.8. The van der Waals surface area contributed by atoms with E-state index in [9.17, 15) is 14.1 Å². The van der Waals surface area contributed by atoms with Crippen LogP contribution in [0, 0.1) is 0 Å². The Labute approximate surface area is 152 Å². The monoisotopic (exact) mass is 370 g/mol. The number of carbonyl (C=O) groups is 1. The molecule has 2 aromatic carbocycles. The molecule has 8 heteroatoms. The van der Waals surface area contributed by atoms with Crippen molar-refractivity contribution in [3.05, 3.63) is 66.2 Å². The van der Waals surface area contributed by atoms with E-state index in [0.717, 1.165) is 11.1 Å². The number of benzene rings is 2. The summed E-state index contributed by atoms with van der Waals surface area (Å²) in [4.78, 5) is 15.6. The number of aliphatic carboxylic acids is 1. The van der Waals surface area contributed by atoms with Crippen LogP contribution in [0.4, 0.5) is 0 Å². The largest absolute Gasteiger partial charge is 0.480 e. The number of aromatic nitrogens is 3. The zero-order chi connectivity index (χ0) is 18.5. The first kappa shape index (κ1) is 18.0. The number of nitrogens with zero attached hydrogens (tertiary/aromatic N) is 2. The standard InChI is InChI=1S/C18H18N4O3S/c19-15(17(23)24)14(12-7-3-1-4-8-12)11-26(25)18-20-16(21-22-18)13-9-5-2-6-10-13/h1-10,14-15H,11,19H2,(H,23,24)(H,20,21,22)/t14?,15-,26?/m0/s1. The molecule has 134 valence electrons. The third kappa shape index (κ3) is 4.04. The first-order valence-electron chi connectivity index (χ1n) is 7.96. The van der Waals surface area contributed by atoms with E-state index >= 15 is 0 Å². The van der Waals surface area contributed by atoms with Crippen molar-refractivity contribution in [1.82, 2.24) is 15.2 Å². The predicted molar refractivity (Wildman–Crippen MR) is 97.9 cm³/mol. The first-order valence-corrected chi connectivity index (χ1v) is 9.27. The number of carboxylic acid groups (broad SMARTS) is 1. The topological polar surface area (TPSA) is 122 Å². The van der Waals surface area contributed by atoms with Crippen molar-refractivity contribution >= 4 is 16.8 Å². The van der Waals surface area contributed by atoms with Gasteiger partial charge in [0.05, 0.1) is 10.8 Å². The first-order chi connectivity index (χ1) is 12.6. The third-order valence-electron chi connectivity index (χ3n) is 3.99. The average Bonchev–Trinajstić information content (AvgIpc) is 3.17. The van der Waals surface area contributed by atoms with Gasteiger partial charge in [-0.05, 0) is 5.56 Å². The lowest BCUT2D eigenvalue weighted by molar-refractivity contribution is -0.138. The van der Waals surface area contributed by atoms with Crippen molar-refractivity contribution in [2.75, 3.05) is 5.75 Å². The fourth-order valence-corrected chi connectivity index (χ4v) is 3.81. The van der Waals surface area contributed by atoms with Gasteiger partial charge in [-0.1, -0.05) is 60.7 Å². The van der Waals surface area contributed by atoms with Crippen molar-refractivity contribution in [1.29, 1.82) is 0 Å². The van der Waals surface area contributed by atoms with Gasteiger partial charge in [-0.2, -0.15) is 10.1 Å². The second-order valence-electron chi connectivity index (χ2n) is 5.72. The van der Waals surface area contributed by atoms with Gasteiger partial charge in [0.25, 0.3) is 0 Å². The van der Waals surface area contributed by atoms with Gasteiger partial charge in [-0.3, -0.25) is 14.1 Å². The Balaban J connectivity index is 1.82. The van der Waals surface area contributed by atoms with Crippen molar-refractivity contribution in [3.63, 3.8) is 0 Å². The van der Waals surface area contributed by atoms with Gasteiger partial charge >= 0.3 is 5.97 Å². The van der Waals surface area contributed by atoms with Gasteiger partial charge in [-0.15, -0.1) is 0 Å². The van der Waals surface area contributed by atoms with Crippen molar-refractivity contribution < 1.29 is 14.1 Å². The van der Waals surface area contributed by atoms with Gasteiger partial charge in [0, 0.05) is 17.2 Å². The Morgan fingerprint density at radius 3 is 2.35 bits per heavy atom. The average molecular weight is 370 g/mol. The summed E-state index contributed by atoms with van der Waals surface area (Å²) in [6.07, 6.45) is 0. The predicted octanol–water partition coefficient (Wildman–Crippen LogP) is 1.77. The van der Waals surface area contributed by atoms with Crippen LogP contribution in [0.2, 0.25) is 0 Å². The van der Waals surface area contributed by atoms with Crippen LogP contribution in [-0.4, -0.2) is 42.3 Å². The molecule has 0 saturated heterocycles. The fraction of sp³-hybridized carbons (Fsp3) is 0.167. The molecular formula is C18H18N4O3S. The number of hydrogen-bond acceptors (Lipinski definition) is 5. The van der Waals surface area contributed by atoms with Gasteiger partial charge in [0.15, 0.2) is 5.82 Å². The number of carboxylic acids is 1. The molecule has 0 radical (unpaired) electrons. The highest BCUT2D eigenvalue weighted by Gasteiger charge is 2.29. The molecule has 0 bridgehead atoms. The maximum absolute atomic E-state index is 12.7. The zero-order valence-corrected chi connectivity index (χ0v) is 14.6. The van der Waals surface area contributed by atoms with E-state index in [1.807, 2.05) is 36.4 Å². The SMILES string of the molecule is N[C@H](C(=O)O)C(CS(=O)c1nc(-c2ccccc2)n[nH]1)c1ccccc1. The van der Waals surface area contributed by atoms with E-state index in [1.165, 1.54) is 0 Å². The van der Waals surface area contributed by atoms with Gasteiger partial charge in [0.1, 0.15) is 6.04 Å². The minimum Gasteiger partial charge on any atom is -0.480 e. The number of nitrogens with one attached hydrogen (secondary N) is 1. The highest BCUT2D eigenvalue weighted by atomic mass is 32.2. The molecule has 0 aliphatic carbocycles. The Bertz CT molecular complexity index is 899. The van der Waals surface area contributed by atoms with E-state index in [1.54, 1.807) is 24.3 Å². The summed E-state index contributed by atoms with van der Waals surface area (Å²) in [6.45, 7) is 0. The van der Waals surface area contributed by atoms with E-state index in [0.29, 0.717) is 5.82 Å². The highest BCUT2D eigenvalue weighted by Crippen LogP contribution is 2.22. The van der Waals surface area contributed by atoms with Crippen LogP contribution >= 0.6 is 0 Å². The quantitative estimate of drug-likeness (QED) is 0.583. The smallest absolute Gasteiger partial charge is 0.321 e. The molecule has 4 N–H and O–H groups in total. The molecule has 2 unspecified atom stereocenters. The summed E-state index contributed by atoms with van der Waals surface area (Å²) < 4.78 is 12.7. The number of rotatable bonds is 7. The Kier molecular flexibility index (Phi) is 5.55. The Morgan fingerprint density at radius 1 is 1.12 bits per heavy atom. The van der Waals surface area contributed by atoms with Crippen LogP contribution in [0.25, 0.3) is 11.4 Å². The minimum absolute atomic E-state index is 0.0287. The highest BCUT2D eigenvalue weighted by molar-refractivity contribution is 7.84. The molecule has 26 heavy (non-hydrogen) atoms. The lowest BCUT2D eigenvalue weighted by Gasteiger charge is -2.20. The van der Waals surface area contributed by atoms with Crippen LogP contribution < -0.4 is 5.73 Å². The minimum atomic E-state index is -1.58. The molecule has 0 saturated carbocycles. The summed E-state index contributed by atoms with van der Waals surface area (Å²) in [5.74, 6) is -1.29. The maximum atomic E-state index is 12.7. The van der Waals surface area contributed by atoms with E-state index < -0.39 is 28.7 Å². The molecule has 1 heterocycles. The summed E-state index contributed by atoms with van der Waals surface area (Å²) >= 11 is 0. The van der Waals surface area contributed by atoms with E-state index in [-0.39, 0.29) is 10.9 Å². The molecule has 0 aliphatic heterocycles. The van der Waals surface area contributed by atoms with Crippen LogP contribution in [0.5, 0.6) is 0 Å². The van der Waals surface area contributed by atoms with E-state index in [4.69, 9.17) is 5.73 Å². The number of nitrogens with two attached hydrogens (primary N) is 1. The molecule has 1 aromatic heterocycles. The number of H-pyrrole nitrogens is 1. The molecular weight excluding hydrogens is 352 g/mol. The second kappa shape index (κ2) is 8.03. The van der Waals surface area contributed by atoms with Crippen molar-refractivity contribution in [3.8, 4) is 11.4 Å².